The number of rotatable bonds is 8. The molecule has 1 aliphatic rings. The molecule has 30 heavy (non-hydrogen) atoms. The van der Waals surface area contributed by atoms with Crippen molar-refractivity contribution >= 4 is 5.91 Å². The molecule has 162 valence electrons. The molecule has 1 unspecified atom stereocenters. The van der Waals surface area contributed by atoms with Crippen molar-refractivity contribution in [1.82, 2.24) is 20.2 Å². The summed E-state index contributed by atoms with van der Waals surface area (Å²) in [6, 6.07) is 9.75. The Morgan fingerprint density at radius 1 is 1.27 bits per heavy atom. The number of aliphatic hydroxyl groups is 1. The Morgan fingerprint density at radius 3 is 2.63 bits per heavy atom. The highest BCUT2D eigenvalue weighted by Gasteiger charge is 2.22. The number of β-amino-alcohol motifs (C(OH)–C–C–N with tert-alkyl or cyclic N) is 1. The Morgan fingerprint density at radius 2 is 1.97 bits per heavy atom. The number of likely N-dealkylation sites (tertiary alicyclic amines) is 1. The topological polar surface area (TPSA) is 98.3 Å². The third-order valence-corrected chi connectivity index (χ3v) is 5.85. The molecule has 3 rings (SSSR count). The summed E-state index contributed by atoms with van der Waals surface area (Å²) in [5, 5.41) is 13.4. The first-order chi connectivity index (χ1) is 14.4. The van der Waals surface area contributed by atoms with Crippen LogP contribution >= 0.6 is 0 Å². The lowest BCUT2D eigenvalue weighted by Crippen LogP contribution is -2.40. The molecule has 1 amide bonds. The maximum Gasteiger partial charge on any atom is 0.254 e. The zero-order valence-corrected chi connectivity index (χ0v) is 17.9. The number of nitrogens with zero attached hydrogens (tertiary/aromatic N) is 2. The van der Waals surface area contributed by atoms with Crippen molar-refractivity contribution in [3.63, 3.8) is 0 Å². The molecule has 2 aromatic rings. The fraction of sp³-hybridized carbons (Fsp3) is 0.522. The van der Waals surface area contributed by atoms with Gasteiger partial charge in [0.2, 0.25) is 5.91 Å². The van der Waals surface area contributed by atoms with Crippen molar-refractivity contribution in [3.8, 4) is 0 Å². The van der Waals surface area contributed by atoms with Gasteiger partial charge >= 0.3 is 0 Å². The molecule has 2 heterocycles. The van der Waals surface area contributed by atoms with Gasteiger partial charge in [0.05, 0.1) is 6.10 Å². The molecule has 0 radical (unpaired) electrons. The molecular formula is C23H32N4O3. The molecule has 1 aromatic heterocycles. The van der Waals surface area contributed by atoms with Crippen LogP contribution in [0.5, 0.6) is 0 Å². The Bertz CT molecular complexity index is 889. The number of aryl methyl sites for hydroxylation is 2. The largest absolute Gasteiger partial charge is 0.387 e. The summed E-state index contributed by atoms with van der Waals surface area (Å²) >= 11 is 0. The minimum atomic E-state index is -0.467. The van der Waals surface area contributed by atoms with E-state index in [9.17, 15) is 14.7 Å². The zero-order chi connectivity index (χ0) is 21.5. The summed E-state index contributed by atoms with van der Waals surface area (Å²) in [5.41, 5.74) is 2.07. The zero-order valence-electron chi connectivity index (χ0n) is 17.9. The molecule has 0 saturated carbocycles. The predicted octanol–water partition coefficient (Wildman–Crippen LogP) is 1.88. The van der Waals surface area contributed by atoms with Gasteiger partial charge < -0.3 is 20.3 Å². The molecule has 1 atom stereocenters. The smallest absolute Gasteiger partial charge is 0.254 e. The van der Waals surface area contributed by atoms with Crippen molar-refractivity contribution in [2.24, 2.45) is 5.92 Å². The number of aromatic amines is 1. The number of H-pyrrole nitrogens is 1. The minimum Gasteiger partial charge on any atom is -0.387 e. The molecule has 0 spiro atoms. The first-order valence-corrected chi connectivity index (χ1v) is 10.7. The Balaban J connectivity index is 1.36. The van der Waals surface area contributed by atoms with Crippen LogP contribution in [0.15, 0.2) is 35.1 Å². The van der Waals surface area contributed by atoms with Gasteiger partial charge in [-0.05, 0) is 57.7 Å². The number of piperidine rings is 1. The van der Waals surface area contributed by atoms with E-state index >= 15 is 0 Å². The van der Waals surface area contributed by atoms with E-state index in [4.69, 9.17) is 0 Å². The Hall–Kier alpha value is -2.51. The van der Waals surface area contributed by atoms with Crippen molar-refractivity contribution in [2.75, 3.05) is 26.2 Å². The van der Waals surface area contributed by atoms with Gasteiger partial charge in [0.15, 0.2) is 0 Å². The van der Waals surface area contributed by atoms with Gasteiger partial charge in [0.1, 0.15) is 5.82 Å². The number of aliphatic hydroxyl groups excluding tert-OH is 1. The van der Waals surface area contributed by atoms with E-state index in [2.05, 4.69) is 20.2 Å². The number of carbonyl (C=O) groups is 1. The normalized spacial score (nSPS) is 16.4. The summed E-state index contributed by atoms with van der Waals surface area (Å²) in [4.78, 5) is 33.5. The van der Waals surface area contributed by atoms with Crippen LogP contribution in [0.1, 0.15) is 48.0 Å². The standard InChI is InChI=1S/C23H32N4O3/c1-16-20(23(30)26-17(2)25-16)8-9-22(29)24-14-18-10-12-27(13-11-18)15-21(28)19-6-4-3-5-7-19/h3-7,18,21,28H,8-15H2,1-2H3,(H,24,29)(H,25,26,30). The van der Waals surface area contributed by atoms with Crippen LogP contribution in [0, 0.1) is 19.8 Å². The van der Waals surface area contributed by atoms with E-state index in [1.165, 1.54) is 0 Å². The summed E-state index contributed by atoms with van der Waals surface area (Å²) in [6.07, 6.45) is 2.22. The van der Waals surface area contributed by atoms with Gasteiger partial charge in [-0.15, -0.1) is 0 Å². The maximum absolute atomic E-state index is 12.2. The predicted molar refractivity (Wildman–Crippen MR) is 116 cm³/mol. The first kappa shape index (κ1) is 22.2. The molecule has 1 saturated heterocycles. The number of aromatic nitrogens is 2. The maximum atomic E-state index is 12.2. The summed E-state index contributed by atoms with van der Waals surface area (Å²) in [7, 11) is 0. The van der Waals surface area contributed by atoms with Crippen molar-refractivity contribution in [3.05, 3.63) is 63.3 Å². The lowest BCUT2D eigenvalue weighted by Gasteiger charge is -2.33. The highest BCUT2D eigenvalue weighted by Crippen LogP contribution is 2.20. The van der Waals surface area contributed by atoms with Crippen molar-refractivity contribution < 1.29 is 9.90 Å². The fourth-order valence-corrected chi connectivity index (χ4v) is 4.03. The molecule has 7 nitrogen and oxygen atoms in total. The highest BCUT2D eigenvalue weighted by atomic mass is 16.3. The number of amides is 1. The van der Waals surface area contributed by atoms with Crippen LogP contribution in [0.25, 0.3) is 0 Å². The van der Waals surface area contributed by atoms with Crippen LogP contribution in [0.2, 0.25) is 0 Å². The van der Waals surface area contributed by atoms with Crippen LogP contribution in [0.3, 0.4) is 0 Å². The third kappa shape index (κ3) is 6.24. The molecule has 1 aromatic carbocycles. The van der Waals surface area contributed by atoms with Gasteiger partial charge in [-0.25, -0.2) is 4.98 Å². The second-order valence-electron chi connectivity index (χ2n) is 8.19. The van der Waals surface area contributed by atoms with Gasteiger partial charge in [0, 0.05) is 30.8 Å². The molecular weight excluding hydrogens is 380 g/mol. The first-order valence-electron chi connectivity index (χ1n) is 10.7. The van der Waals surface area contributed by atoms with Crippen LogP contribution < -0.4 is 10.9 Å². The van der Waals surface area contributed by atoms with E-state index < -0.39 is 6.10 Å². The molecule has 1 aliphatic heterocycles. The number of hydrogen-bond donors (Lipinski definition) is 3. The lowest BCUT2D eigenvalue weighted by molar-refractivity contribution is -0.121. The second-order valence-corrected chi connectivity index (χ2v) is 8.19. The van der Waals surface area contributed by atoms with Gasteiger partial charge in [-0.2, -0.15) is 0 Å². The average Bonchev–Trinajstić information content (AvgIpc) is 2.73. The fourth-order valence-electron chi connectivity index (χ4n) is 4.03. The van der Waals surface area contributed by atoms with E-state index in [1.807, 2.05) is 30.3 Å². The Labute approximate surface area is 177 Å². The molecule has 1 fully saturated rings. The van der Waals surface area contributed by atoms with Crippen LogP contribution in [0.4, 0.5) is 0 Å². The van der Waals surface area contributed by atoms with E-state index in [0.29, 0.717) is 42.5 Å². The van der Waals surface area contributed by atoms with E-state index in [1.54, 1.807) is 13.8 Å². The average molecular weight is 413 g/mol. The minimum absolute atomic E-state index is 0.0312. The lowest BCUT2D eigenvalue weighted by atomic mass is 9.96. The number of carbonyl (C=O) groups excluding carboxylic acids is 1. The summed E-state index contributed by atoms with van der Waals surface area (Å²) in [6.45, 7) is 6.70. The highest BCUT2D eigenvalue weighted by molar-refractivity contribution is 5.76. The SMILES string of the molecule is Cc1nc(C)c(CCC(=O)NCC2CCN(CC(O)c3ccccc3)CC2)c(=O)[nH]1. The van der Waals surface area contributed by atoms with Crippen molar-refractivity contribution in [1.29, 1.82) is 0 Å². The van der Waals surface area contributed by atoms with E-state index in [0.717, 1.165) is 31.5 Å². The summed E-state index contributed by atoms with van der Waals surface area (Å²) < 4.78 is 0. The molecule has 7 heteroatoms. The molecule has 3 N–H and O–H groups in total. The van der Waals surface area contributed by atoms with E-state index in [-0.39, 0.29) is 17.9 Å². The number of benzene rings is 1. The number of hydrogen-bond acceptors (Lipinski definition) is 5. The van der Waals surface area contributed by atoms with Crippen LogP contribution in [-0.4, -0.2) is 52.1 Å². The van der Waals surface area contributed by atoms with Crippen molar-refractivity contribution in [2.45, 2.75) is 45.6 Å². The quantitative estimate of drug-likeness (QED) is 0.615. The summed E-state index contributed by atoms with van der Waals surface area (Å²) in [5.74, 6) is 1.01. The second kappa shape index (κ2) is 10.5. The van der Waals surface area contributed by atoms with Gasteiger partial charge in [0.25, 0.3) is 5.56 Å². The van der Waals surface area contributed by atoms with Gasteiger partial charge in [-0.1, -0.05) is 30.3 Å². The third-order valence-electron chi connectivity index (χ3n) is 5.85. The van der Waals surface area contributed by atoms with Crippen LogP contribution in [-0.2, 0) is 11.2 Å². The van der Waals surface area contributed by atoms with Gasteiger partial charge in [-0.3, -0.25) is 9.59 Å². The Kier molecular flexibility index (Phi) is 7.76. The molecule has 0 aliphatic carbocycles. The molecule has 0 bridgehead atoms. The monoisotopic (exact) mass is 412 g/mol. The number of nitrogens with one attached hydrogen (secondary N) is 2.